The molecule has 110 valence electrons. The molecule has 0 saturated carbocycles. The van der Waals surface area contributed by atoms with E-state index in [-0.39, 0.29) is 22.0 Å². The second-order valence-electron chi connectivity index (χ2n) is 4.19. The maximum absolute atomic E-state index is 12.3. The van der Waals surface area contributed by atoms with Gasteiger partial charge in [-0.05, 0) is 18.2 Å². The van der Waals surface area contributed by atoms with Crippen molar-refractivity contribution in [3.63, 3.8) is 0 Å². The molecule has 7 nitrogen and oxygen atoms in total. The summed E-state index contributed by atoms with van der Waals surface area (Å²) in [5, 5.41) is 10.7. The Morgan fingerprint density at radius 1 is 1.33 bits per heavy atom. The van der Waals surface area contributed by atoms with Gasteiger partial charge in [0.25, 0.3) is 5.69 Å². The van der Waals surface area contributed by atoms with Gasteiger partial charge in [-0.25, -0.2) is 13.4 Å². The number of nitrogen functional groups attached to an aromatic ring is 1. The molecule has 0 atom stereocenters. The van der Waals surface area contributed by atoms with Gasteiger partial charge in [-0.1, -0.05) is 22.0 Å². The van der Waals surface area contributed by atoms with Crippen LogP contribution in [0, 0.1) is 10.1 Å². The lowest BCUT2D eigenvalue weighted by molar-refractivity contribution is -0.385. The lowest BCUT2D eigenvalue weighted by Crippen LogP contribution is -2.11. The molecule has 9 heteroatoms. The van der Waals surface area contributed by atoms with Gasteiger partial charge in [0.2, 0.25) is 9.84 Å². The number of halogens is 1. The minimum atomic E-state index is -3.87. The van der Waals surface area contributed by atoms with E-state index in [1.54, 1.807) is 6.07 Å². The summed E-state index contributed by atoms with van der Waals surface area (Å²) in [5.74, 6) is -0.544. The summed E-state index contributed by atoms with van der Waals surface area (Å²) in [4.78, 5) is 14.1. The number of hydrogen-bond donors (Lipinski definition) is 1. The van der Waals surface area contributed by atoms with Gasteiger partial charge in [-0.15, -0.1) is 0 Å². The van der Waals surface area contributed by atoms with E-state index in [0.717, 1.165) is 0 Å². The molecule has 0 unspecified atom stereocenters. The third-order valence-electron chi connectivity index (χ3n) is 2.68. The fourth-order valence-corrected chi connectivity index (χ4v) is 3.55. The highest BCUT2D eigenvalue weighted by Gasteiger charge is 2.24. The molecule has 0 aliphatic heterocycles. The molecule has 21 heavy (non-hydrogen) atoms. The molecule has 0 saturated heterocycles. The van der Waals surface area contributed by atoms with E-state index in [9.17, 15) is 18.5 Å². The fraction of sp³-hybridized carbons (Fsp3) is 0.0833. The molecule has 1 aromatic heterocycles. The molecule has 2 rings (SSSR count). The van der Waals surface area contributed by atoms with Gasteiger partial charge < -0.3 is 5.73 Å². The highest BCUT2D eigenvalue weighted by atomic mass is 79.9. The molecule has 0 aliphatic carbocycles. The van der Waals surface area contributed by atoms with Crippen molar-refractivity contribution in [1.82, 2.24) is 4.98 Å². The van der Waals surface area contributed by atoms with Crippen LogP contribution in [0.1, 0.15) is 5.56 Å². The van der Waals surface area contributed by atoms with Gasteiger partial charge in [-0.3, -0.25) is 10.1 Å². The predicted octanol–water partition coefficient (Wildman–Crippen LogP) is 2.31. The molecule has 2 aromatic rings. The van der Waals surface area contributed by atoms with Crippen LogP contribution in [0.4, 0.5) is 11.4 Å². The third kappa shape index (κ3) is 3.37. The lowest BCUT2D eigenvalue weighted by Gasteiger charge is -2.07. The zero-order valence-electron chi connectivity index (χ0n) is 10.6. The summed E-state index contributed by atoms with van der Waals surface area (Å²) in [6, 6.07) is 7.11. The van der Waals surface area contributed by atoms with Crippen molar-refractivity contribution in [2.24, 2.45) is 0 Å². The number of nitrogens with two attached hydrogens (primary N) is 1. The van der Waals surface area contributed by atoms with Gasteiger partial charge in [0.05, 0.1) is 16.4 Å². The quantitative estimate of drug-likeness (QED) is 0.650. The van der Waals surface area contributed by atoms with Gasteiger partial charge >= 0.3 is 0 Å². The summed E-state index contributed by atoms with van der Waals surface area (Å²) in [5.41, 5.74) is 5.41. The normalized spacial score (nSPS) is 11.3. The largest absolute Gasteiger partial charge is 0.396 e. The van der Waals surface area contributed by atoms with Crippen molar-refractivity contribution in [3.8, 4) is 0 Å². The van der Waals surface area contributed by atoms with Crippen LogP contribution in [0.3, 0.4) is 0 Å². The Morgan fingerprint density at radius 2 is 2.05 bits per heavy atom. The lowest BCUT2D eigenvalue weighted by atomic mass is 10.2. The Balaban J connectivity index is 2.47. The van der Waals surface area contributed by atoms with Crippen LogP contribution >= 0.6 is 15.9 Å². The van der Waals surface area contributed by atoms with Crippen LogP contribution in [0.2, 0.25) is 0 Å². The van der Waals surface area contributed by atoms with E-state index in [2.05, 4.69) is 20.9 Å². The standard InChI is InChI=1S/C12H10BrN3O4S/c13-9-4-3-8(11(6-9)16(17)18)7-21(19,20)12-10(14)2-1-5-15-12/h1-6H,7,14H2. The minimum absolute atomic E-state index is 0.0114. The van der Waals surface area contributed by atoms with Crippen LogP contribution in [0.25, 0.3) is 0 Å². The fourth-order valence-electron chi connectivity index (χ4n) is 1.77. The number of nitro groups is 1. The van der Waals surface area contributed by atoms with Crippen molar-refractivity contribution in [2.75, 3.05) is 5.73 Å². The molecule has 0 bridgehead atoms. The number of pyridine rings is 1. The zero-order valence-corrected chi connectivity index (χ0v) is 13.0. The second kappa shape index (κ2) is 5.78. The first-order valence-electron chi connectivity index (χ1n) is 5.67. The summed E-state index contributed by atoms with van der Waals surface area (Å²) in [6.07, 6.45) is 1.30. The summed E-state index contributed by atoms with van der Waals surface area (Å²) in [7, 11) is -3.87. The zero-order chi connectivity index (χ0) is 15.6. The smallest absolute Gasteiger partial charge is 0.274 e. The van der Waals surface area contributed by atoms with Crippen molar-refractivity contribution >= 4 is 37.1 Å². The maximum atomic E-state index is 12.3. The topological polar surface area (TPSA) is 116 Å². The molecule has 0 spiro atoms. The van der Waals surface area contributed by atoms with Gasteiger partial charge in [0.15, 0.2) is 5.03 Å². The van der Waals surface area contributed by atoms with Crippen molar-refractivity contribution in [2.45, 2.75) is 10.8 Å². The number of aromatic nitrogens is 1. The Bertz CT molecular complexity index is 808. The van der Waals surface area contributed by atoms with Gasteiger partial charge in [-0.2, -0.15) is 0 Å². The number of benzene rings is 1. The van der Waals surface area contributed by atoms with Gasteiger partial charge in [0, 0.05) is 22.3 Å². The molecule has 1 heterocycles. The highest BCUT2D eigenvalue weighted by molar-refractivity contribution is 9.10. The van der Waals surface area contributed by atoms with E-state index in [4.69, 9.17) is 5.73 Å². The predicted molar refractivity (Wildman–Crippen MR) is 80.3 cm³/mol. The number of hydrogen-bond acceptors (Lipinski definition) is 6. The highest BCUT2D eigenvalue weighted by Crippen LogP contribution is 2.28. The van der Waals surface area contributed by atoms with Crippen LogP contribution < -0.4 is 5.73 Å². The van der Waals surface area contributed by atoms with Crippen molar-refractivity contribution in [1.29, 1.82) is 0 Å². The molecule has 0 radical (unpaired) electrons. The van der Waals surface area contributed by atoms with Crippen LogP contribution in [0.5, 0.6) is 0 Å². The molecule has 0 fully saturated rings. The third-order valence-corrected chi connectivity index (χ3v) is 4.80. The van der Waals surface area contributed by atoms with Crippen molar-refractivity contribution < 1.29 is 13.3 Å². The minimum Gasteiger partial charge on any atom is -0.396 e. The first-order valence-corrected chi connectivity index (χ1v) is 8.12. The van der Waals surface area contributed by atoms with E-state index in [1.165, 1.54) is 30.5 Å². The van der Waals surface area contributed by atoms with E-state index in [1.807, 2.05) is 0 Å². The number of rotatable bonds is 4. The molecule has 2 N–H and O–H groups in total. The molecule has 1 aromatic carbocycles. The summed E-state index contributed by atoms with van der Waals surface area (Å²) < 4.78 is 25.1. The molecular weight excluding hydrogens is 362 g/mol. The number of anilines is 1. The SMILES string of the molecule is Nc1cccnc1S(=O)(=O)Cc1ccc(Br)cc1[N+](=O)[O-]. The summed E-state index contributed by atoms with van der Waals surface area (Å²) in [6.45, 7) is 0. The maximum Gasteiger partial charge on any atom is 0.274 e. The molecule has 0 amide bonds. The number of sulfone groups is 1. The first-order chi connectivity index (χ1) is 9.81. The number of nitrogens with zero attached hydrogens (tertiary/aromatic N) is 2. The monoisotopic (exact) mass is 371 g/mol. The van der Waals surface area contributed by atoms with E-state index >= 15 is 0 Å². The van der Waals surface area contributed by atoms with Crippen LogP contribution in [-0.4, -0.2) is 18.3 Å². The Hall–Kier alpha value is -2.00. The van der Waals surface area contributed by atoms with Gasteiger partial charge in [0.1, 0.15) is 0 Å². The Morgan fingerprint density at radius 3 is 2.67 bits per heavy atom. The molecular formula is C12H10BrN3O4S. The van der Waals surface area contributed by atoms with Crippen LogP contribution in [0.15, 0.2) is 46.0 Å². The average molecular weight is 372 g/mol. The van der Waals surface area contributed by atoms with Crippen molar-refractivity contribution in [3.05, 3.63) is 56.7 Å². The van der Waals surface area contributed by atoms with E-state index < -0.39 is 20.5 Å². The molecule has 0 aliphatic rings. The van der Waals surface area contributed by atoms with E-state index in [0.29, 0.717) is 4.47 Å². The summed E-state index contributed by atoms with van der Waals surface area (Å²) >= 11 is 3.11. The van der Waals surface area contributed by atoms with Crippen LogP contribution in [-0.2, 0) is 15.6 Å². The average Bonchev–Trinajstić information content (AvgIpc) is 2.40. The number of nitro benzene ring substituents is 1. The Labute approximate surface area is 129 Å². The second-order valence-corrected chi connectivity index (χ2v) is 7.01. The first kappa shape index (κ1) is 15.4. The Kier molecular flexibility index (Phi) is 4.24.